The summed E-state index contributed by atoms with van der Waals surface area (Å²) < 4.78 is 0. The molecule has 0 N–H and O–H groups in total. The lowest BCUT2D eigenvalue weighted by Crippen LogP contribution is -2.42. The Morgan fingerprint density at radius 2 is 2.04 bits per heavy atom. The number of amides is 1. The number of Topliss-reactive ketones (excluding diaryl/α,β-unsaturated/α-hetero) is 1. The monoisotopic (exact) mass is 370 g/mol. The van der Waals surface area contributed by atoms with Gasteiger partial charge in [-0.05, 0) is 37.7 Å². The van der Waals surface area contributed by atoms with Crippen molar-refractivity contribution in [3.8, 4) is 0 Å². The molecule has 1 aliphatic heterocycles. The Labute approximate surface area is 159 Å². The average molecular weight is 371 g/mol. The van der Waals surface area contributed by atoms with Crippen LogP contribution >= 0.6 is 11.3 Å². The maximum absolute atomic E-state index is 12.7. The lowest BCUT2D eigenvalue weighted by molar-refractivity contribution is -0.124. The van der Waals surface area contributed by atoms with Crippen molar-refractivity contribution in [1.29, 1.82) is 0 Å². The molecule has 138 valence electrons. The van der Waals surface area contributed by atoms with Crippen LogP contribution in [-0.4, -0.2) is 34.7 Å². The number of aryl methyl sites for hydroxylation is 2. The lowest BCUT2D eigenvalue weighted by Gasteiger charge is -2.31. The van der Waals surface area contributed by atoms with Crippen LogP contribution in [0.5, 0.6) is 0 Å². The van der Waals surface area contributed by atoms with Gasteiger partial charge >= 0.3 is 0 Å². The topological polar surface area (TPSA) is 50.3 Å². The van der Waals surface area contributed by atoms with E-state index >= 15 is 0 Å². The summed E-state index contributed by atoms with van der Waals surface area (Å²) in [6.07, 6.45) is 5.04. The number of aromatic nitrogens is 1. The number of hydrogen-bond acceptors (Lipinski definition) is 4. The highest BCUT2D eigenvalue weighted by Crippen LogP contribution is 2.22. The summed E-state index contributed by atoms with van der Waals surface area (Å²) in [4.78, 5) is 31.6. The van der Waals surface area contributed by atoms with Crippen LogP contribution in [-0.2, 0) is 17.6 Å². The predicted octanol–water partition coefficient (Wildman–Crippen LogP) is 4.15. The molecule has 1 saturated heterocycles. The molecule has 5 heteroatoms. The van der Waals surface area contributed by atoms with E-state index in [2.05, 4.69) is 24.0 Å². The van der Waals surface area contributed by atoms with E-state index in [1.807, 2.05) is 28.5 Å². The fraction of sp³-hybridized carbons (Fsp3) is 0.476. The summed E-state index contributed by atoms with van der Waals surface area (Å²) in [6, 6.07) is 10.1. The first-order valence-corrected chi connectivity index (χ1v) is 10.4. The van der Waals surface area contributed by atoms with E-state index in [-0.39, 0.29) is 17.6 Å². The molecule has 0 radical (unpaired) electrons. The molecule has 0 saturated carbocycles. The van der Waals surface area contributed by atoms with Crippen LogP contribution in [0.25, 0.3) is 0 Å². The van der Waals surface area contributed by atoms with Gasteiger partial charge in [0.1, 0.15) is 11.5 Å². The third kappa shape index (κ3) is 4.79. The van der Waals surface area contributed by atoms with E-state index in [1.54, 1.807) is 11.3 Å². The Hall–Kier alpha value is -2.01. The van der Waals surface area contributed by atoms with E-state index in [9.17, 15) is 9.59 Å². The maximum Gasteiger partial charge on any atom is 0.273 e. The standard InChI is InChI=1S/C21H26N2O2S/c1-2-7-20-22-18(15-26-20)21(25)23-13-6-10-17(14-23)19(24)12-11-16-8-4-3-5-9-16/h3-5,8-9,15,17H,2,6-7,10-14H2,1H3. The van der Waals surface area contributed by atoms with Crippen molar-refractivity contribution in [1.82, 2.24) is 9.88 Å². The number of ketones is 1. The van der Waals surface area contributed by atoms with Crippen LogP contribution in [0, 0.1) is 5.92 Å². The van der Waals surface area contributed by atoms with Crippen LogP contribution < -0.4 is 0 Å². The van der Waals surface area contributed by atoms with Crippen LogP contribution in [0.3, 0.4) is 0 Å². The van der Waals surface area contributed by atoms with Crippen LogP contribution in [0.1, 0.15) is 53.7 Å². The zero-order chi connectivity index (χ0) is 18.4. The first kappa shape index (κ1) is 18.8. The van der Waals surface area contributed by atoms with Crippen molar-refractivity contribution in [2.45, 2.75) is 45.4 Å². The number of hydrogen-bond donors (Lipinski definition) is 0. The molecule has 0 bridgehead atoms. The van der Waals surface area contributed by atoms with Gasteiger partial charge in [-0.25, -0.2) is 4.98 Å². The Bertz CT molecular complexity index is 741. The molecule has 2 heterocycles. The zero-order valence-electron chi connectivity index (χ0n) is 15.3. The van der Waals surface area contributed by atoms with Crippen molar-refractivity contribution in [2.75, 3.05) is 13.1 Å². The molecule has 1 aliphatic rings. The van der Waals surface area contributed by atoms with Gasteiger partial charge in [-0.2, -0.15) is 0 Å². The summed E-state index contributed by atoms with van der Waals surface area (Å²) >= 11 is 1.55. The van der Waals surface area contributed by atoms with Crippen LogP contribution in [0.15, 0.2) is 35.7 Å². The second-order valence-electron chi connectivity index (χ2n) is 6.92. The zero-order valence-corrected chi connectivity index (χ0v) is 16.1. The summed E-state index contributed by atoms with van der Waals surface area (Å²) in [6.45, 7) is 3.37. The van der Waals surface area contributed by atoms with Gasteiger partial charge in [0.05, 0.1) is 5.01 Å². The number of rotatable bonds is 7. The van der Waals surface area contributed by atoms with E-state index in [0.29, 0.717) is 18.7 Å². The summed E-state index contributed by atoms with van der Waals surface area (Å²) in [7, 11) is 0. The summed E-state index contributed by atoms with van der Waals surface area (Å²) in [5, 5.41) is 2.87. The minimum absolute atomic E-state index is 0.0239. The van der Waals surface area contributed by atoms with Gasteiger partial charge in [0.15, 0.2) is 0 Å². The quantitative estimate of drug-likeness (QED) is 0.736. The molecule has 0 spiro atoms. The molecule has 1 unspecified atom stereocenters. The third-order valence-electron chi connectivity index (χ3n) is 4.90. The molecule has 0 aliphatic carbocycles. The molecule has 1 fully saturated rings. The smallest absolute Gasteiger partial charge is 0.273 e. The summed E-state index contributed by atoms with van der Waals surface area (Å²) in [5.41, 5.74) is 1.73. The fourth-order valence-corrected chi connectivity index (χ4v) is 4.31. The minimum atomic E-state index is -0.0369. The normalized spacial score (nSPS) is 17.3. The van der Waals surface area contributed by atoms with Crippen molar-refractivity contribution in [3.63, 3.8) is 0 Å². The second-order valence-corrected chi connectivity index (χ2v) is 7.86. The highest BCUT2D eigenvalue weighted by molar-refractivity contribution is 7.09. The minimum Gasteiger partial charge on any atom is -0.337 e. The van der Waals surface area contributed by atoms with E-state index in [1.165, 1.54) is 5.56 Å². The highest BCUT2D eigenvalue weighted by Gasteiger charge is 2.29. The van der Waals surface area contributed by atoms with E-state index < -0.39 is 0 Å². The second kappa shape index (κ2) is 9.08. The molecule has 26 heavy (non-hydrogen) atoms. The SMILES string of the molecule is CCCc1nc(C(=O)N2CCCC(C(=O)CCc3ccccc3)C2)cs1. The molecular formula is C21H26N2O2S. The van der Waals surface area contributed by atoms with Gasteiger partial charge in [-0.15, -0.1) is 11.3 Å². The number of carbonyl (C=O) groups is 2. The maximum atomic E-state index is 12.7. The average Bonchev–Trinajstić information content (AvgIpc) is 3.15. The van der Waals surface area contributed by atoms with E-state index in [0.717, 1.165) is 43.7 Å². The highest BCUT2D eigenvalue weighted by atomic mass is 32.1. The Balaban J connectivity index is 1.55. The molecular weight excluding hydrogens is 344 g/mol. The van der Waals surface area contributed by atoms with Gasteiger partial charge in [-0.3, -0.25) is 9.59 Å². The first-order chi connectivity index (χ1) is 12.7. The van der Waals surface area contributed by atoms with Crippen LogP contribution in [0.4, 0.5) is 0 Å². The molecule has 2 aromatic rings. The number of piperidine rings is 1. The molecule has 3 rings (SSSR count). The largest absolute Gasteiger partial charge is 0.337 e. The fourth-order valence-electron chi connectivity index (χ4n) is 3.44. The lowest BCUT2D eigenvalue weighted by atomic mass is 9.90. The van der Waals surface area contributed by atoms with Crippen molar-refractivity contribution in [3.05, 3.63) is 52.0 Å². The first-order valence-electron chi connectivity index (χ1n) is 9.47. The predicted molar refractivity (Wildman–Crippen MR) is 105 cm³/mol. The Kier molecular flexibility index (Phi) is 6.56. The molecule has 1 atom stereocenters. The van der Waals surface area contributed by atoms with Crippen LogP contribution in [0.2, 0.25) is 0 Å². The van der Waals surface area contributed by atoms with E-state index in [4.69, 9.17) is 0 Å². The number of likely N-dealkylation sites (tertiary alicyclic amines) is 1. The molecule has 1 aromatic carbocycles. The van der Waals surface area contributed by atoms with Crippen molar-refractivity contribution in [2.24, 2.45) is 5.92 Å². The molecule has 4 nitrogen and oxygen atoms in total. The Morgan fingerprint density at radius 3 is 2.81 bits per heavy atom. The van der Waals surface area contributed by atoms with Gasteiger partial charge < -0.3 is 4.90 Å². The number of nitrogens with zero attached hydrogens (tertiary/aromatic N) is 2. The third-order valence-corrected chi connectivity index (χ3v) is 5.81. The van der Waals surface area contributed by atoms with Gasteiger partial charge in [0.25, 0.3) is 5.91 Å². The van der Waals surface area contributed by atoms with Gasteiger partial charge in [-0.1, -0.05) is 37.3 Å². The number of thiazole rings is 1. The molecule has 1 aromatic heterocycles. The van der Waals surface area contributed by atoms with Gasteiger partial charge in [0, 0.05) is 30.8 Å². The molecule has 1 amide bonds. The number of benzene rings is 1. The Morgan fingerprint density at radius 1 is 1.23 bits per heavy atom. The van der Waals surface area contributed by atoms with Crippen molar-refractivity contribution >= 4 is 23.0 Å². The number of carbonyl (C=O) groups excluding carboxylic acids is 2. The summed E-state index contributed by atoms with van der Waals surface area (Å²) in [5.74, 6) is 0.214. The van der Waals surface area contributed by atoms with Gasteiger partial charge in [0.2, 0.25) is 0 Å². The van der Waals surface area contributed by atoms with Crippen molar-refractivity contribution < 1.29 is 9.59 Å².